The Labute approximate surface area is 114 Å². The predicted molar refractivity (Wildman–Crippen MR) is 75.4 cm³/mol. The van der Waals surface area contributed by atoms with Crippen LogP contribution in [0.15, 0.2) is 24.3 Å². The topological polar surface area (TPSA) is 46.2 Å². The molecule has 3 N–H and O–H groups in total. The Morgan fingerprint density at radius 3 is 2.32 bits per heavy atom. The highest BCUT2D eigenvalue weighted by atomic mass is 19.1. The van der Waals surface area contributed by atoms with Crippen LogP contribution in [-0.4, -0.2) is 17.8 Å². The Balaban J connectivity index is 2.18. The fourth-order valence-corrected chi connectivity index (χ4v) is 3.30. The molecular weight excluding hydrogens is 241 g/mol. The zero-order valence-electron chi connectivity index (χ0n) is 11.6. The molecule has 19 heavy (non-hydrogen) atoms. The summed E-state index contributed by atoms with van der Waals surface area (Å²) in [5, 5.41) is 10.7. The van der Waals surface area contributed by atoms with Gasteiger partial charge in [-0.2, -0.15) is 0 Å². The van der Waals surface area contributed by atoms with Crippen LogP contribution < -0.4 is 5.73 Å². The Hall–Kier alpha value is -0.930. The minimum absolute atomic E-state index is 0.0589. The number of nitrogens with two attached hydrogens (primary N) is 1. The molecule has 2 unspecified atom stereocenters. The van der Waals surface area contributed by atoms with Crippen LogP contribution in [0, 0.1) is 11.2 Å². The third-order valence-corrected chi connectivity index (χ3v) is 4.64. The molecule has 0 saturated heterocycles. The van der Waals surface area contributed by atoms with E-state index < -0.39 is 6.10 Å². The first-order valence-electron chi connectivity index (χ1n) is 7.20. The van der Waals surface area contributed by atoms with Crippen LogP contribution >= 0.6 is 0 Å². The SMILES string of the molecule is CC1(C(O)C(CN)c2ccc(F)cc2)CCCCC1. The van der Waals surface area contributed by atoms with Crippen molar-refractivity contribution in [2.75, 3.05) is 6.54 Å². The molecule has 0 heterocycles. The predicted octanol–water partition coefficient (Wildman–Crippen LogP) is 3.20. The third kappa shape index (κ3) is 3.15. The quantitative estimate of drug-likeness (QED) is 0.878. The van der Waals surface area contributed by atoms with E-state index in [2.05, 4.69) is 6.92 Å². The summed E-state index contributed by atoms with van der Waals surface area (Å²) in [7, 11) is 0. The van der Waals surface area contributed by atoms with Gasteiger partial charge in [0.1, 0.15) is 5.82 Å². The number of hydrogen-bond acceptors (Lipinski definition) is 2. The zero-order valence-corrected chi connectivity index (χ0v) is 11.6. The second-order valence-corrected chi connectivity index (χ2v) is 6.05. The number of rotatable bonds is 4. The van der Waals surface area contributed by atoms with Gasteiger partial charge in [0.2, 0.25) is 0 Å². The second-order valence-electron chi connectivity index (χ2n) is 6.05. The van der Waals surface area contributed by atoms with E-state index >= 15 is 0 Å². The standard InChI is InChI=1S/C16H24FNO/c1-16(9-3-2-4-10-16)15(19)14(11-18)12-5-7-13(17)8-6-12/h5-8,14-15,19H,2-4,9-11,18H2,1H3. The van der Waals surface area contributed by atoms with Crippen molar-refractivity contribution in [3.05, 3.63) is 35.6 Å². The van der Waals surface area contributed by atoms with Gasteiger partial charge in [0, 0.05) is 12.5 Å². The molecule has 1 aromatic carbocycles. The van der Waals surface area contributed by atoms with Gasteiger partial charge >= 0.3 is 0 Å². The van der Waals surface area contributed by atoms with E-state index in [-0.39, 0.29) is 17.2 Å². The van der Waals surface area contributed by atoms with Crippen LogP contribution in [0.25, 0.3) is 0 Å². The first kappa shape index (κ1) is 14.5. The smallest absolute Gasteiger partial charge is 0.123 e. The van der Waals surface area contributed by atoms with Gasteiger partial charge in [0.05, 0.1) is 6.10 Å². The van der Waals surface area contributed by atoms with E-state index in [9.17, 15) is 9.50 Å². The molecule has 0 spiro atoms. The second kappa shape index (κ2) is 6.02. The lowest BCUT2D eigenvalue weighted by atomic mass is 9.67. The van der Waals surface area contributed by atoms with Crippen molar-refractivity contribution in [3.8, 4) is 0 Å². The average Bonchev–Trinajstić information content (AvgIpc) is 2.42. The van der Waals surface area contributed by atoms with Crippen LogP contribution in [0.3, 0.4) is 0 Å². The van der Waals surface area contributed by atoms with Crippen LogP contribution in [0.5, 0.6) is 0 Å². The Bertz CT molecular complexity index is 398. The maximum atomic E-state index is 13.0. The Kier molecular flexibility index (Phi) is 4.58. The van der Waals surface area contributed by atoms with Gasteiger partial charge in [-0.25, -0.2) is 4.39 Å². The number of halogens is 1. The van der Waals surface area contributed by atoms with Crippen molar-refractivity contribution in [3.63, 3.8) is 0 Å². The van der Waals surface area contributed by atoms with Crippen LogP contribution in [0.4, 0.5) is 4.39 Å². The van der Waals surface area contributed by atoms with E-state index in [0.717, 1.165) is 18.4 Å². The van der Waals surface area contributed by atoms with Crippen LogP contribution in [0.2, 0.25) is 0 Å². The zero-order chi connectivity index (χ0) is 13.9. The highest BCUT2D eigenvalue weighted by molar-refractivity contribution is 5.23. The van der Waals surface area contributed by atoms with E-state index in [1.54, 1.807) is 12.1 Å². The molecular formula is C16H24FNO. The van der Waals surface area contributed by atoms with E-state index in [0.29, 0.717) is 6.54 Å². The summed E-state index contributed by atoms with van der Waals surface area (Å²) in [5.74, 6) is -0.360. The molecule has 2 rings (SSSR count). The number of aliphatic hydroxyl groups excluding tert-OH is 1. The molecule has 0 aliphatic heterocycles. The lowest BCUT2D eigenvalue weighted by Gasteiger charge is -2.41. The number of aliphatic hydroxyl groups is 1. The summed E-state index contributed by atoms with van der Waals surface area (Å²) in [4.78, 5) is 0. The molecule has 106 valence electrons. The molecule has 2 nitrogen and oxygen atoms in total. The highest BCUT2D eigenvalue weighted by Crippen LogP contribution is 2.43. The molecule has 1 aliphatic carbocycles. The van der Waals surface area contributed by atoms with Gasteiger partial charge in [0.15, 0.2) is 0 Å². The molecule has 0 amide bonds. The minimum atomic E-state index is -0.455. The number of benzene rings is 1. The van der Waals surface area contributed by atoms with Crippen molar-refractivity contribution in [1.82, 2.24) is 0 Å². The molecule has 1 aliphatic rings. The van der Waals surface area contributed by atoms with E-state index in [4.69, 9.17) is 5.73 Å². The van der Waals surface area contributed by atoms with Gasteiger partial charge < -0.3 is 10.8 Å². The van der Waals surface area contributed by atoms with Gasteiger partial charge in [-0.05, 0) is 36.0 Å². The van der Waals surface area contributed by atoms with Crippen LogP contribution in [-0.2, 0) is 0 Å². The van der Waals surface area contributed by atoms with Crippen LogP contribution in [0.1, 0.15) is 50.5 Å². The van der Waals surface area contributed by atoms with Gasteiger partial charge in [-0.15, -0.1) is 0 Å². The molecule has 0 aromatic heterocycles. The van der Waals surface area contributed by atoms with E-state index in [1.807, 2.05) is 0 Å². The molecule has 1 aromatic rings. The minimum Gasteiger partial charge on any atom is -0.392 e. The maximum Gasteiger partial charge on any atom is 0.123 e. The normalized spacial score (nSPS) is 21.9. The largest absolute Gasteiger partial charge is 0.392 e. The Morgan fingerprint density at radius 2 is 1.79 bits per heavy atom. The summed E-state index contributed by atoms with van der Waals surface area (Å²) in [5.41, 5.74) is 6.73. The monoisotopic (exact) mass is 265 g/mol. The molecule has 3 heteroatoms. The molecule has 1 saturated carbocycles. The summed E-state index contributed by atoms with van der Waals surface area (Å²) < 4.78 is 13.0. The van der Waals surface area contributed by atoms with Crippen molar-refractivity contribution >= 4 is 0 Å². The first-order valence-corrected chi connectivity index (χ1v) is 7.20. The summed E-state index contributed by atoms with van der Waals surface area (Å²) >= 11 is 0. The summed E-state index contributed by atoms with van der Waals surface area (Å²) in [6, 6.07) is 6.35. The summed E-state index contributed by atoms with van der Waals surface area (Å²) in [6.07, 6.45) is 5.25. The first-order chi connectivity index (χ1) is 9.07. The fourth-order valence-electron chi connectivity index (χ4n) is 3.30. The molecule has 1 fully saturated rings. The highest BCUT2D eigenvalue weighted by Gasteiger charge is 2.38. The van der Waals surface area contributed by atoms with Crippen molar-refractivity contribution in [2.24, 2.45) is 11.1 Å². The lowest BCUT2D eigenvalue weighted by Crippen LogP contribution is -2.41. The van der Waals surface area contributed by atoms with Crippen molar-refractivity contribution in [2.45, 2.75) is 51.0 Å². The van der Waals surface area contributed by atoms with Gasteiger partial charge in [-0.3, -0.25) is 0 Å². The average molecular weight is 265 g/mol. The maximum absolute atomic E-state index is 13.0. The summed E-state index contributed by atoms with van der Waals surface area (Å²) in [6.45, 7) is 2.55. The lowest BCUT2D eigenvalue weighted by molar-refractivity contribution is -0.00750. The van der Waals surface area contributed by atoms with Crippen molar-refractivity contribution < 1.29 is 9.50 Å². The van der Waals surface area contributed by atoms with Gasteiger partial charge in [-0.1, -0.05) is 38.3 Å². The molecule has 2 atom stereocenters. The van der Waals surface area contributed by atoms with E-state index in [1.165, 1.54) is 31.4 Å². The molecule has 0 bridgehead atoms. The Morgan fingerprint density at radius 1 is 1.21 bits per heavy atom. The third-order valence-electron chi connectivity index (χ3n) is 4.64. The van der Waals surface area contributed by atoms with Crippen molar-refractivity contribution in [1.29, 1.82) is 0 Å². The van der Waals surface area contributed by atoms with Gasteiger partial charge in [0.25, 0.3) is 0 Å². The molecule has 0 radical (unpaired) electrons. The fraction of sp³-hybridized carbons (Fsp3) is 0.625. The number of hydrogen-bond donors (Lipinski definition) is 2.